The van der Waals surface area contributed by atoms with Crippen LogP contribution in [0.25, 0.3) is 5.65 Å². The number of hydrogen-bond acceptors (Lipinski definition) is 2. The molecule has 2 aromatic heterocycles. The zero-order valence-corrected chi connectivity index (χ0v) is 9.66. The lowest BCUT2D eigenvalue weighted by Crippen LogP contribution is -1.94. The van der Waals surface area contributed by atoms with Crippen molar-refractivity contribution in [2.75, 3.05) is 0 Å². The summed E-state index contributed by atoms with van der Waals surface area (Å²) in [7, 11) is 0. The third kappa shape index (κ3) is 2.11. The van der Waals surface area contributed by atoms with E-state index in [9.17, 15) is 8.78 Å². The van der Waals surface area contributed by atoms with Crippen molar-refractivity contribution in [2.45, 2.75) is 25.7 Å². The molecule has 90 valence electrons. The average molecular weight is 258 g/mol. The number of rotatable bonds is 3. The molecule has 0 atom stereocenters. The minimum atomic E-state index is -2.67. The summed E-state index contributed by atoms with van der Waals surface area (Å²) in [5, 5.41) is 4.00. The molecule has 0 aliphatic heterocycles. The van der Waals surface area contributed by atoms with Crippen LogP contribution in [0.2, 0.25) is 5.15 Å². The molecule has 0 radical (unpaired) electrons. The number of aromatic nitrogens is 3. The second-order valence-corrected chi connectivity index (χ2v) is 4.76. The summed E-state index contributed by atoms with van der Waals surface area (Å²) in [6.07, 6.45) is 0.737. The summed E-state index contributed by atoms with van der Waals surface area (Å²) in [5.41, 5.74) is 1.43. The van der Waals surface area contributed by atoms with Gasteiger partial charge in [0.2, 0.25) is 5.82 Å². The van der Waals surface area contributed by atoms with E-state index in [4.69, 9.17) is 11.6 Å². The minimum absolute atomic E-state index is 0.331. The Morgan fingerprint density at radius 3 is 2.82 bits per heavy atom. The smallest absolute Gasteiger partial charge is 0.206 e. The molecule has 3 rings (SSSR count). The molecule has 2 heterocycles. The summed E-state index contributed by atoms with van der Waals surface area (Å²) < 4.78 is 26.2. The quantitative estimate of drug-likeness (QED) is 0.790. The molecular formula is C11H10ClF2N3. The van der Waals surface area contributed by atoms with Crippen LogP contribution >= 0.6 is 11.6 Å². The van der Waals surface area contributed by atoms with Gasteiger partial charge in [-0.1, -0.05) is 11.6 Å². The van der Waals surface area contributed by atoms with Gasteiger partial charge >= 0.3 is 0 Å². The van der Waals surface area contributed by atoms with E-state index in [1.165, 1.54) is 17.4 Å². The van der Waals surface area contributed by atoms with Crippen LogP contribution in [0.5, 0.6) is 0 Å². The number of pyridine rings is 1. The Balaban J connectivity index is 2.04. The monoisotopic (exact) mass is 257 g/mol. The number of alkyl halides is 2. The molecule has 0 bridgehead atoms. The lowest BCUT2D eigenvalue weighted by Gasteiger charge is -2.01. The van der Waals surface area contributed by atoms with E-state index in [2.05, 4.69) is 10.1 Å². The summed E-state index contributed by atoms with van der Waals surface area (Å²) in [6.45, 7) is 0. The Hall–Kier alpha value is -1.23. The summed E-state index contributed by atoms with van der Waals surface area (Å²) in [6, 6.07) is 3.56. The molecule has 0 amide bonds. The average Bonchev–Trinajstić information content (AvgIpc) is 2.95. The first-order valence-corrected chi connectivity index (χ1v) is 5.84. The van der Waals surface area contributed by atoms with Gasteiger partial charge in [-0.05, 0) is 42.9 Å². The molecule has 0 saturated heterocycles. The second kappa shape index (κ2) is 3.91. The molecule has 3 nitrogen and oxygen atoms in total. The summed E-state index contributed by atoms with van der Waals surface area (Å²) >= 11 is 6.00. The van der Waals surface area contributed by atoms with Crippen LogP contribution in [-0.4, -0.2) is 14.6 Å². The standard InChI is InChI=1S/C11H10ClF2N3/c12-8-4-7(3-6-1-2-6)5-9-15-11(10(13)14)16-17(8)9/h4-6,10H,1-3H2. The van der Waals surface area contributed by atoms with Gasteiger partial charge in [-0.15, -0.1) is 5.10 Å². The van der Waals surface area contributed by atoms with Crippen molar-refractivity contribution in [3.8, 4) is 0 Å². The fraction of sp³-hybridized carbons (Fsp3) is 0.455. The van der Waals surface area contributed by atoms with Crippen molar-refractivity contribution in [3.05, 3.63) is 28.7 Å². The van der Waals surface area contributed by atoms with Gasteiger partial charge in [-0.25, -0.2) is 18.3 Å². The van der Waals surface area contributed by atoms with E-state index in [0.717, 1.165) is 12.0 Å². The predicted octanol–water partition coefficient (Wildman–Crippen LogP) is 3.27. The molecule has 2 aromatic rings. The topological polar surface area (TPSA) is 30.2 Å². The van der Waals surface area contributed by atoms with Crippen molar-refractivity contribution in [1.29, 1.82) is 0 Å². The highest BCUT2D eigenvalue weighted by atomic mass is 35.5. The Morgan fingerprint density at radius 1 is 1.41 bits per heavy atom. The fourth-order valence-electron chi connectivity index (χ4n) is 1.88. The molecule has 0 aromatic carbocycles. The fourth-order valence-corrected chi connectivity index (χ4v) is 2.14. The zero-order chi connectivity index (χ0) is 12.0. The summed E-state index contributed by atoms with van der Waals surface area (Å²) in [5.74, 6) is 0.237. The van der Waals surface area contributed by atoms with Gasteiger partial charge in [0, 0.05) is 0 Å². The molecule has 1 aliphatic carbocycles. The predicted molar refractivity (Wildman–Crippen MR) is 59.4 cm³/mol. The van der Waals surface area contributed by atoms with Crippen LogP contribution < -0.4 is 0 Å². The molecule has 1 saturated carbocycles. The maximum Gasteiger partial charge on any atom is 0.299 e. The van der Waals surface area contributed by atoms with Crippen LogP contribution in [0.15, 0.2) is 12.1 Å². The lowest BCUT2D eigenvalue weighted by atomic mass is 10.1. The zero-order valence-electron chi connectivity index (χ0n) is 8.91. The van der Waals surface area contributed by atoms with Gasteiger partial charge in [0.05, 0.1) is 0 Å². The first-order valence-electron chi connectivity index (χ1n) is 5.47. The molecular weight excluding hydrogens is 248 g/mol. The highest BCUT2D eigenvalue weighted by Gasteiger charge is 2.22. The Labute approximate surface area is 101 Å². The van der Waals surface area contributed by atoms with Gasteiger partial charge < -0.3 is 0 Å². The minimum Gasteiger partial charge on any atom is -0.206 e. The lowest BCUT2D eigenvalue weighted by molar-refractivity contribution is 0.140. The van der Waals surface area contributed by atoms with Crippen molar-refractivity contribution in [2.24, 2.45) is 5.92 Å². The van der Waals surface area contributed by atoms with Crippen molar-refractivity contribution < 1.29 is 8.78 Å². The SMILES string of the molecule is FC(F)c1nc2cc(CC3CC3)cc(Cl)n2n1. The third-order valence-electron chi connectivity index (χ3n) is 2.89. The normalized spacial score (nSPS) is 16.0. The van der Waals surface area contributed by atoms with Gasteiger partial charge in [-0.2, -0.15) is 0 Å². The molecule has 6 heteroatoms. The number of halogens is 3. The van der Waals surface area contributed by atoms with Gasteiger partial charge in [-0.3, -0.25) is 0 Å². The number of fused-ring (bicyclic) bond motifs is 1. The maximum atomic E-state index is 12.5. The van der Waals surface area contributed by atoms with Crippen molar-refractivity contribution in [3.63, 3.8) is 0 Å². The Kier molecular flexibility index (Phi) is 2.50. The van der Waals surface area contributed by atoms with Crippen LogP contribution in [0, 0.1) is 5.92 Å². The Morgan fingerprint density at radius 2 is 2.18 bits per heavy atom. The molecule has 0 spiro atoms. The molecule has 1 fully saturated rings. The van der Waals surface area contributed by atoms with Crippen molar-refractivity contribution in [1.82, 2.24) is 14.6 Å². The third-order valence-corrected chi connectivity index (χ3v) is 3.16. The van der Waals surface area contributed by atoms with E-state index in [1.807, 2.05) is 0 Å². The summed E-state index contributed by atoms with van der Waals surface area (Å²) in [4.78, 5) is 3.78. The van der Waals surface area contributed by atoms with Crippen LogP contribution in [0.4, 0.5) is 8.78 Å². The second-order valence-electron chi connectivity index (χ2n) is 4.37. The van der Waals surface area contributed by atoms with Gasteiger partial charge in [0.25, 0.3) is 6.43 Å². The van der Waals surface area contributed by atoms with Crippen LogP contribution in [-0.2, 0) is 6.42 Å². The van der Waals surface area contributed by atoms with Crippen LogP contribution in [0.1, 0.15) is 30.7 Å². The van der Waals surface area contributed by atoms with E-state index in [1.54, 1.807) is 12.1 Å². The molecule has 0 N–H and O–H groups in total. The van der Waals surface area contributed by atoms with E-state index < -0.39 is 12.2 Å². The van der Waals surface area contributed by atoms with Crippen LogP contribution in [0.3, 0.4) is 0 Å². The molecule has 1 aliphatic rings. The van der Waals surface area contributed by atoms with E-state index in [-0.39, 0.29) is 0 Å². The van der Waals surface area contributed by atoms with E-state index >= 15 is 0 Å². The Bertz CT molecular complexity index is 563. The highest BCUT2D eigenvalue weighted by Crippen LogP contribution is 2.33. The van der Waals surface area contributed by atoms with E-state index in [0.29, 0.717) is 16.7 Å². The first-order chi connectivity index (χ1) is 8.13. The maximum absolute atomic E-state index is 12.5. The van der Waals surface area contributed by atoms with Crippen molar-refractivity contribution >= 4 is 17.2 Å². The number of nitrogens with zero attached hydrogens (tertiary/aromatic N) is 3. The first kappa shape index (κ1) is 10.9. The molecule has 17 heavy (non-hydrogen) atoms. The largest absolute Gasteiger partial charge is 0.299 e. The number of hydrogen-bond donors (Lipinski definition) is 0. The van der Waals surface area contributed by atoms with Gasteiger partial charge in [0.15, 0.2) is 5.65 Å². The van der Waals surface area contributed by atoms with Gasteiger partial charge in [0.1, 0.15) is 5.15 Å². The molecule has 0 unspecified atom stereocenters. The highest BCUT2D eigenvalue weighted by molar-refractivity contribution is 6.29.